The van der Waals surface area contributed by atoms with Crippen LogP contribution in [0.1, 0.15) is 19.4 Å². The molecule has 0 unspecified atom stereocenters. The van der Waals surface area contributed by atoms with Crippen LogP contribution in [0.3, 0.4) is 0 Å². The van der Waals surface area contributed by atoms with Gasteiger partial charge in [0.2, 0.25) is 0 Å². The number of fused-ring (bicyclic) bond motifs is 1. The van der Waals surface area contributed by atoms with Crippen LogP contribution in [-0.4, -0.2) is 54.1 Å². The highest BCUT2D eigenvalue weighted by Crippen LogP contribution is 2.19. The van der Waals surface area contributed by atoms with Crippen molar-refractivity contribution >= 4 is 22.6 Å². The van der Waals surface area contributed by atoms with Crippen molar-refractivity contribution in [3.63, 3.8) is 0 Å². The summed E-state index contributed by atoms with van der Waals surface area (Å²) in [5.41, 5.74) is 1.79. The Morgan fingerprint density at radius 3 is 2.45 bits per heavy atom. The minimum atomic E-state index is -0.233. The first kappa shape index (κ1) is 22.4. The number of rotatable bonds is 9. The van der Waals surface area contributed by atoms with Gasteiger partial charge in [-0.25, -0.2) is 4.79 Å². The average molecular weight is 423 g/mol. The van der Waals surface area contributed by atoms with Gasteiger partial charge < -0.3 is 24.8 Å². The third-order valence-electron chi connectivity index (χ3n) is 5.38. The molecular formula is C24H30N4O3. The fourth-order valence-corrected chi connectivity index (χ4v) is 3.46. The molecule has 0 bridgehead atoms. The number of methoxy groups -OCH3 is 1. The first-order valence-electron chi connectivity index (χ1n) is 10.6. The van der Waals surface area contributed by atoms with Crippen LogP contribution < -0.4 is 15.6 Å². The molecule has 3 rings (SSSR count). The number of hydrogen-bond acceptors (Lipinski definition) is 4. The summed E-state index contributed by atoms with van der Waals surface area (Å²) in [5, 5.41) is 3.80. The molecule has 0 aliphatic rings. The van der Waals surface area contributed by atoms with E-state index >= 15 is 0 Å². The van der Waals surface area contributed by atoms with Gasteiger partial charge in [0.05, 0.1) is 13.7 Å². The third kappa shape index (κ3) is 5.86. The zero-order chi connectivity index (χ0) is 22.2. The maximum Gasteiger partial charge on any atom is 0.322 e. The number of para-hydroxylation sites is 1. The molecule has 0 spiro atoms. The lowest BCUT2D eigenvalue weighted by atomic mass is 10.1. The summed E-state index contributed by atoms with van der Waals surface area (Å²) >= 11 is 0. The number of nitrogens with one attached hydrogen (secondary N) is 2. The number of H-pyrrole nitrogens is 1. The minimum absolute atomic E-state index is 0.196. The Morgan fingerprint density at radius 2 is 1.77 bits per heavy atom. The fourth-order valence-electron chi connectivity index (χ4n) is 3.46. The molecule has 0 saturated heterocycles. The van der Waals surface area contributed by atoms with E-state index in [9.17, 15) is 9.59 Å². The Kier molecular flexibility index (Phi) is 7.67. The number of aromatic amines is 1. The van der Waals surface area contributed by atoms with Crippen molar-refractivity contribution in [2.24, 2.45) is 0 Å². The molecule has 2 aromatic carbocycles. The molecule has 0 saturated carbocycles. The van der Waals surface area contributed by atoms with Crippen LogP contribution in [0.25, 0.3) is 10.9 Å². The Morgan fingerprint density at radius 1 is 1.03 bits per heavy atom. The molecule has 0 fully saturated rings. The van der Waals surface area contributed by atoms with Crippen LogP contribution >= 0.6 is 0 Å². The molecule has 31 heavy (non-hydrogen) atoms. The van der Waals surface area contributed by atoms with Gasteiger partial charge in [-0.15, -0.1) is 0 Å². The first-order valence-corrected chi connectivity index (χ1v) is 10.6. The lowest BCUT2D eigenvalue weighted by molar-refractivity contribution is 0.194. The number of carbonyl (C=O) groups is 1. The van der Waals surface area contributed by atoms with Gasteiger partial charge in [-0.2, -0.15) is 0 Å². The molecule has 0 aliphatic heterocycles. The summed E-state index contributed by atoms with van der Waals surface area (Å²) in [6, 6.07) is 16.4. The molecule has 0 atom stereocenters. The van der Waals surface area contributed by atoms with E-state index in [-0.39, 0.29) is 18.1 Å². The smallest absolute Gasteiger partial charge is 0.322 e. The number of urea groups is 1. The van der Waals surface area contributed by atoms with E-state index in [1.807, 2.05) is 54.6 Å². The van der Waals surface area contributed by atoms with Crippen LogP contribution in [0, 0.1) is 0 Å². The number of ether oxygens (including phenoxy) is 1. The van der Waals surface area contributed by atoms with Crippen molar-refractivity contribution < 1.29 is 9.53 Å². The predicted molar refractivity (Wildman–Crippen MR) is 125 cm³/mol. The van der Waals surface area contributed by atoms with Gasteiger partial charge in [0, 0.05) is 35.2 Å². The van der Waals surface area contributed by atoms with Gasteiger partial charge in [0.1, 0.15) is 5.75 Å². The molecule has 3 aromatic rings. The van der Waals surface area contributed by atoms with E-state index < -0.39 is 0 Å². The molecule has 2 amide bonds. The summed E-state index contributed by atoms with van der Waals surface area (Å²) in [7, 11) is 1.61. The van der Waals surface area contributed by atoms with Crippen molar-refractivity contribution in [3.8, 4) is 5.75 Å². The zero-order valence-electron chi connectivity index (χ0n) is 18.4. The van der Waals surface area contributed by atoms with Crippen molar-refractivity contribution in [1.29, 1.82) is 0 Å². The Hall–Kier alpha value is -3.32. The van der Waals surface area contributed by atoms with E-state index in [1.54, 1.807) is 12.0 Å². The number of aromatic nitrogens is 1. The number of amides is 2. The first-order chi connectivity index (χ1) is 15.0. The quantitative estimate of drug-likeness (QED) is 0.548. The van der Waals surface area contributed by atoms with Gasteiger partial charge in [0.25, 0.3) is 5.56 Å². The van der Waals surface area contributed by atoms with E-state index in [0.29, 0.717) is 17.9 Å². The maximum absolute atomic E-state index is 13.0. The van der Waals surface area contributed by atoms with E-state index in [0.717, 1.165) is 36.2 Å². The summed E-state index contributed by atoms with van der Waals surface area (Å²) in [6.07, 6.45) is 0. The van der Waals surface area contributed by atoms with E-state index in [4.69, 9.17) is 4.74 Å². The molecule has 7 heteroatoms. The molecule has 7 nitrogen and oxygen atoms in total. The van der Waals surface area contributed by atoms with Crippen LogP contribution in [0.5, 0.6) is 5.75 Å². The van der Waals surface area contributed by atoms with Crippen LogP contribution in [0.15, 0.2) is 59.4 Å². The van der Waals surface area contributed by atoms with Gasteiger partial charge >= 0.3 is 6.03 Å². The number of anilines is 1. The number of hydrogen-bond donors (Lipinski definition) is 2. The molecule has 1 aromatic heterocycles. The summed E-state index contributed by atoms with van der Waals surface area (Å²) < 4.78 is 5.30. The van der Waals surface area contributed by atoms with Gasteiger partial charge in [-0.1, -0.05) is 32.0 Å². The standard InChI is InChI=1S/C24H30N4O3/c1-4-27(5-2)13-14-28(24(30)25-20-9-7-6-8-10-20)17-19-15-18-16-21(31-3)11-12-22(18)26-23(19)29/h6-12,15-16H,4-5,13-14,17H2,1-3H3,(H,25,30)(H,26,29). The molecule has 0 aliphatic carbocycles. The Balaban J connectivity index is 1.86. The van der Waals surface area contributed by atoms with Gasteiger partial charge in [0.15, 0.2) is 0 Å². The highest BCUT2D eigenvalue weighted by atomic mass is 16.5. The topological polar surface area (TPSA) is 77.7 Å². The minimum Gasteiger partial charge on any atom is -0.497 e. The van der Waals surface area contributed by atoms with Gasteiger partial charge in [-0.05, 0) is 49.5 Å². The van der Waals surface area contributed by atoms with E-state index in [2.05, 4.69) is 29.0 Å². The summed E-state index contributed by atoms with van der Waals surface area (Å²) in [6.45, 7) is 7.45. The molecule has 1 heterocycles. The fraction of sp³-hybridized carbons (Fsp3) is 0.333. The second kappa shape index (κ2) is 10.6. The summed E-state index contributed by atoms with van der Waals surface area (Å²) in [5.74, 6) is 0.714. The van der Waals surface area contributed by atoms with Crippen molar-refractivity contribution in [2.45, 2.75) is 20.4 Å². The van der Waals surface area contributed by atoms with Crippen LogP contribution in [0.2, 0.25) is 0 Å². The second-order valence-electron chi connectivity index (χ2n) is 7.32. The molecular weight excluding hydrogens is 392 g/mol. The zero-order valence-corrected chi connectivity index (χ0v) is 18.4. The van der Waals surface area contributed by atoms with Crippen molar-refractivity contribution in [1.82, 2.24) is 14.8 Å². The van der Waals surface area contributed by atoms with Crippen molar-refractivity contribution in [3.05, 3.63) is 70.5 Å². The van der Waals surface area contributed by atoms with Gasteiger partial charge in [-0.3, -0.25) is 4.79 Å². The largest absolute Gasteiger partial charge is 0.497 e. The monoisotopic (exact) mass is 422 g/mol. The van der Waals surface area contributed by atoms with Crippen molar-refractivity contribution in [2.75, 3.05) is 38.6 Å². The highest BCUT2D eigenvalue weighted by Gasteiger charge is 2.17. The highest BCUT2D eigenvalue weighted by molar-refractivity contribution is 5.89. The summed E-state index contributed by atoms with van der Waals surface area (Å²) in [4.78, 5) is 32.6. The number of likely N-dealkylation sites (N-methyl/N-ethyl adjacent to an activating group) is 1. The lowest BCUT2D eigenvalue weighted by Gasteiger charge is -2.26. The maximum atomic E-state index is 13.0. The van der Waals surface area contributed by atoms with Crippen LogP contribution in [-0.2, 0) is 6.54 Å². The Bertz CT molecular complexity index is 1060. The third-order valence-corrected chi connectivity index (χ3v) is 5.38. The average Bonchev–Trinajstić information content (AvgIpc) is 2.79. The predicted octanol–water partition coefficient (Wildman–Crippen LogP) is 3.91. The lowest BCUT2D eigenvalue weighted by Crippen LogP contribution is -2.41. The van der Waals surface area contributed by atoms with Crippen LogP contribution in [0.4, 0.5) is 10.5 Å². The second-order valence-corrected chi connectivity index (χ2v) is 7.32. The van der Waals surface area contributed by atoms with E-state index in [1.165, 1.54) is 0 Å². The SMILES string of the molecule is CCN(CC)CCN(Cc1cc2cc(OC)ccc2[nH]c1=O)C(=O)Nc1ccccc1. The molecule has 0 radical (unpaired) electrons. The number of nitrogens with zero attached hydrogens (tertiary/aromatic N) is 2. The number of carbonyl (C=O) groups excluding carboxylic acids is 1. The molecule has 164 valence electrons. The number of benzene rings is 2. The number of pyridine rings is 1. The normalized spacial score (nSPS) is 11.0. The molecule has 2 N–H and O–H groups in total. The Labute approximate surface area is 182 Å².